The fourth-order valence-electron chi connectivity index (χ4n) is 1.60. The van der Waals surface area contributed by atoms with Crippen LogP contribution in [0.25, 0.3) is 0 Å². The van der Waals surface area contributed by atoms with Gasteiger partial charge < -0.3 is 4.74 Å². The van der Waals surface area contributed by atoms with Crippen LogP contribution >= 0.6 is 11.6 Å². The molecule has 0 amide bonds. The van der Waals surface area contributed by atoms with E-state index in [1.54, 1.807) is 7.11 Å². The molecule has 2 unspecified atom stereocenters. The third kappa shape index (κ3) is 4.87. The maximum absolute atomic E-state index is 6.23. The van der Waals surface area contributed by atoms with Gasteiger partial charge in [0.2, 0.25) is 0 Å². The van der Waals surface area contributed by atoms with Gasteiger partial charge in [-0.3, -0.25) is 0 Å². The highest BCUT2D eigenvalue weighted by atomic mass is 35.5. The van der Waals surface area contributed by atoms with Gasteiger partial charge in [0.05, 0.1) is 0 Å². The maximum atomic E-state index is 6.23. The van der Waals surface area contributed by atoms with Gasteiger partial charge in [0.1, 0.15) is 0 Å². The fourth-order valence-corrected chi connectivity index (χ4v) is 1.98. The number of rotatable bonds is 7. The van der Waals surface area contributed by atoms with E-state index in [9.17, 15) is 0 Å². The van der Waals surface area contributed by atoms with E-state index in [-0.39, 0.29) is 0 Å². The van der Waals surface area contributed by atoms with Gasteiger partial charge in [-0.2, -0.15) is 0 Å². The SMILES string of the molecule is COCCC(C)CCC(Cl)C1CC1. The normalized spacial score (nSPS) is 21.5. The Morgan fingerprint density at radius 3 is 2.54 bits per heavy atom. The summed E-state index contributed by atoms with van der Waals surface area (Å²) in [7, 11) is 1.77. The van der Waals surface area contributed by atoms with Crippen molar-refractivity contribution in [3.63, 3.8) is 0 Å². The van der Waals surface area contributed by atoms with Crippen LogP contribution in [0.3, 0.4) is 0 Å². The summed E-state index contributed by atoms with van der Waals surface area (Å²) in [6.07, 6.45) is 6.34. The van der Waals surface area contributed by atoms with Crippen LogP contribution < -0.4 is 0 Å². The number of hydrogen-bond donors (Lipinski definition) is 0. The van der Waals surface area contributed by atoms with Gasteiger partial charge in [-0.25, -0.2) is 0 Å². The van der Waals surface area contributed by atoms with Crippen LogP contribution in [0, 0.1) is 11.8 Å². The second-order valence-electron chi connectivity index (χ2n) is 4.32. The van der Waals surface area contributed by atoms with Gasteiger partial charge in [-0.05, 0) is 43.9 Å². The summed E-state index contributed by atoms with van der Waals surface area (Å²) in [5.74, 6) is 1.61. The first kappa shape index (κ1) is 11.3. The molecular weight excluding hydrogens is 184 g/mol. The van der Waals surface area contributed by atoms with Crippen LogP contribution in [0.1, 0.15) is 39.0 Å². The van der Waals surface area contributed by atoms with E-state index in [0.717, 1.165) is 18.4 Å². The van der Waals surface area contributed by atoms with Crippen LogP contribution in [0.5, 0.6) is 0 Å². The second-order valence-corrected chi connectivity index (χ2v) is 4.88. The first-order valence-corrected chi connectivity index (χ1v) is 5.80. The summed E-state index contributed by atoms with van der Waals surface area (Å²) in [6, 6.07) is 0. The standard InChI is InChI=1S/C11H21ClO/c1-9(7-8-13-2)3-6-11(12)10-4-5-10/h9-11H,3-8H2,1-2H3. The van der Waals surface area contributed by atoms with E-state index in [1.165, 1.54) is 32.1 Å². The molecular formula is C11H21ClO. The summed E-state index contributed by atoms with van der Waals surface area (Å²) in [6.45, 7) is 3.17. The lowest BCUT2D eigenvalue weighted by Crippen LogP contribution is -2.06. The number of alkyl halides is 1. The number of ether oxygens (including phenoxy) is 1. The second kappa shape index (κ2) is 5.87. The molecule has 1 fully saturated rings. The smallest absolute Gasteiger partial charge is 0.0464 e. The third-order valence-electron chi connectivity index (χ3n) is 2.88. The van der Waals surface area contributed by atoms with Crippen molar-refractivity contribution in [2.45, 2.75) is 44.4 Å². The zero-order chi connectivity index (χ0) is 9.68. The average molecular weight is 205 g/mol. The van der Waals surface area contributed by atoms with Gasteiger partial charge in [0.15, 0.2) is 0 Å². The minimum Gasteiger partial charge on any atom is -0.385 e. The molecule has 0 spiro atoms. The summed E-state index contributed by atoms with van der Waals surface area (Å²) in [5, 5.41) is 0.449. The largest absolute Gasteiger partial charge is 0.385 e. The van der Waals surface area contributed by atoms with E-state index in [2.05, 4.69) is 6.92 Å². The Balaban J connectivity index is 1.96. The van der Waals surface area contributed by atoms with E-state index in [1.807, 2.05) is 0 Å². The van der Waals surface area contributed by atoms with Crippen molar-refractivity contribution in [3.8, 4) is 0 Å². The topological polar surface area (TPSA) is 9.23 Å². The highest BCUT2D eigenvalue weighted by molar-refractivity contribution is 6.20. The number of halogens is 1. The Morgan fingerprint density at radius 1 is 1.31 bits per heavy atom. The molecule has 1 saturated carbocycles. The third-order valence-corrected chi connectivity index (χ3v) is 3.46. The van der Waals surface area contributed by atoms with Crippen LogP contribution in [0.15, 0.2) is 0 Å². The highest BCUT2D eigenvalue weighted by Gasteiger charge is 2.29. The lowest BCUT2D eigenvalue weighted by Gasteiger charge is -2.13. The predicted octanol–water partition coefficient (Wildman–Crippen LogP) is 3.46. The summed E-state index contributed by atoms with van der Waals surface area (Å²) in [4.78, 5) is 0. The Morgan fingerprint density at radius 2 is 2.00 bits per heavy atom. The lowest BCUT2D eigenvalue weighted by atomic mass is 10.00. The van der Waals surface area contributed by atoms with Crippen molar-refractivity contribution in [2.75, 3.05) is 13.7 Å². The molecule has 2 heteroatoms. The first-order chi connectivity index (χ1) is 6.24. The Hall–Kier alpha value is 0.250. The molecule has 1 aliphatic rings. The Bertz CT molecular complexity index is 134. The molecule has 0 aliphatic heterocycles. The van der Waals surface area contributed by atoms with Crippen molar-refractivity contribution >= 4 is 11.6 Å². The number of hydrogen-bond acceptors (Lipinski definition) is 1. The molecule has 0 heterocycles. The van der Waals surface area contributed by atoms with E-state index in [0.29, 0.717) is 5.38 Å². The van der Waals surface area contributed by atoms with Crippen LogP contribution in [0.4, 0.5) is 0 Å². The average Bonchev–Trinajstić information content (AvgIpc) is 2.93. The van der Waals surface area contributed by atoms with Crippen LogP contribution in [0.2, 0.25) is 0 Å². The van der Waals surface area contributed by atoms with Crippen LogP contribution in [-0.4, -0.2) is 19.1 Å². The van der Waals surface area contributed by atoms with Gasteiger partial charge in [-0.15, -0.1) is 11.6 Å². The molecule has 1 aliphatic carbocycles. The monoisotopic (exact) mass is 204 g/mol. The van der Waals surface area contributed by atoms with Gasteiger partial charge >= 0.3 is 0 Å². The Kier molecular flexibility index (Phi) is 5.12. The Labute approximate surface area is 86.8 Å². The molecule has 0 bridgehead atoms. The molecule has 0 aromatic carbocycles. The van der Waals surface area contributed by atoms with E-state index in [4.69, 9.17) is 16.3 Å². The number of methoxy groups -OCH3 is 1. The van der Waals surface area contributed by atoms with Crippen molar-refractivity contribution in [1.82, 2.24) is 0 Å². The molecule has 78 valence electrons. The summed E-state index contributed by atoms with van der Waals surface area (Å²) < 4.78 is 5.05. The van der Waals surface area contributed by atoms with Crippen LogP contribution in [-0.2, 0) is 4.74 Å². The molecule has 0 saturated heterocycles. The van der Waals surface area contributed by atoms with E-state index < -0.39 is 0 Å². The van der Waals surface area contributed by atoms with Crippen molar-refractivity contribution in [2.24, 2.45) is 11.8 Å². The first-order valence-electron chi connectivity index (χ1n) is 5.37. The quantitative estimate of drug-likeness (QED) is 0.578. The molecule has 1 nitrogen and oxygen atoms in total. The minimum atomic E-state index is 0.449. The zero-order valence-corrected chi connectivity index (χ0v) is 9.52. The van der Waals surface area contributed by atoms with Gasteiger partial charge in [0.25, 0.3) is 0 Å². The molecule has 0 N–H and O–H groups in total. The molecule has 1 rings (SSSR count). The minimum absolute atomic E-state index is 0.449. The highest BCUT2D eigenvalue weighted by Crippen LogP contribution is 2.38. The van der Waals surface area contributed by atoms with Crippen molar-refractivity contribution in [1.29, 1.82) is 0 Å². The van der Waals surface area contributed by atoms with Gasteiger partial charge in [0, 0.05) is 19.1 Å². The molecule has 13 heavy (non-hydrogen) atoms. The van der Waals surface area contributed by atoms with Gasteiger partial charge in [-0.1, -0.05) is 6.92 Å². The maximum Gasteiger partial charge on any atom is 0.0464 e. The van der Waals surface area contributed by atoms with Crippen molar-refractivity contribution < 1.29 is 4.74 Å². The van der Waals surface area contributed by atoms with E-state index >= 15 is 0 Å². The summed E-state index contributed by atoms with van der Waals surface area (Å²) in [5.41, 5.74) is 0. The molecule has 0 aromatic heterocycles. The molecule has 2 atom stereocenters. The predicted molar refractivity (Wildman–Crippen MR) is 57.3 cm³/mol. The van der Waals surface area contributed by atoms with Crippen molar-refractivity contribution in [3.05, 3.63) is 0 Å². The molecule has 0 aromatic rings. The summed E-state index contributed by atoms with van der Waals surface area (Å²) >= 11 is 6.23. The zero-order valence-electron chi connectivity index (χ0n) is 8.76. The lowest BCUT2D eigenvalue weighted by molar-refractivity contribution is 0.177. The molecule has 0 radical (unpaired) electrons. The fraction of sp³-hybridized carbons (Fsp3) is 1.00.